The number of carbonyl (C=O) groups is 2. The number of nitrogens with one attached hydrogen (secondary N) is 2. The Bertz CT molecular complexity index is 393. The van der Waals surface area contributed by atoms with Crippen LogP contribution in [0, 0.1) is 11.3 Å². The predicted molar refractivity (Wildman–Crippen MR) is 61.9 cm³/mol. The number of nitrogens with zero attached hydrogens (tertiary/aromatic N) is 3. The van der Waals surface area contributed by atoms with Crippen LogP contribution in [0.1, 0.15) is 0 Å². The second-order valence-corrected chi connectivity index (χ2v) is 3.28. The fraction of sp³-hybridized carbons (Fsp3) is 0.400. The lowest BCUT2D eigenvalue weighted by molar-refractivity contribution is -0.116. The van der Waals surface area contributed by atoms with Gasteiger partial charge in [-0.2, -0.15) is 10.4 Å². The molecule has 1 fully saturated rings. The molecule has 0 saturated carbocycles. The number of hydrogen-bond donors (Lipinski definition) is 2. The Kier molecular flexibility index (Phi) is 5.93. The van der Waals surface area contributed by atoms with E-state index in [-0.39, 0.29) is 5.57 Å². The van der Waals surface area contributed by atoms with E-state index in [9.17, 15) is 9.59 Å². The third-order valence-electron chi connectivity index (χ3n) is 2.11. The largest absolute Gasteiger partial charge is 0.378 e. The van der Waals surface area contributed by atoms with Gasteiger partial charge in [-0.05, 0) is 0 Å². The van der Waals surface area contributed by atoms with Crippen LogP contribution in [-0.2, 0) is 14.3 Å². The summed E-state index contributed by atoms with van der Waals surface area (Å²) in [5, 5.41) is 14.5. The monoisotopic (exact) mass is 251 g/mol. The average molecular weight is 251 g/mol. The molecule has 0 unspecified atom stereocenters. The maximum Gasteiger partial charge on any atom is 0.268 e. The Balaban J connectivity index is 2.53. The first-order chi connectivity index (χ1) is 8.77. The second-order valence-electron chi connectivity index (χ2n) is 3.28. The van der Waals surface area contributed by atoms with Crippen molar-refractivity contribution in [2.75, 3.05) is 26.3 Å². The molecule has 0 atom stereocenters. The number of morpholine rings is 1. The molecule has 1 aliphatic rings. The highest BCUT2D eigenvalue weighted by Crippen LogP contribution is 2.01. The summed E-state index contributed by atoms with van der Waals surface area (Å²) in [7, 11) is 0. The number of rotatable bonds is 5. The summed E-state index contributed by atoms with van der Waals surface area (Å²) in [6, 6.07) is 1.80. The number of hydrazone groups is 1. The number of nitriles is 1. The van der Waals surface area contributed by atoms with Crippen LogP contribution in [0.2, 0.25) is 0 Å². The molecule has 0 aromatic rings. The molecule has 8 heteroatoms. The molecule has 0 radical (unpaired) electrons. The van der Waals surface area contributed by atoms with Crippen molar-refractivity contribution < 1.29 is 14.3 Å². The number of ether oxygens (including phenoxy) is 1. The fourth-order valence-corrected chi connectivity index (χ4v) is 1.26. The van der Waals surface area contributed by atoms with E-state index in [1.165, 1.54) is 6.20 Å². The second kappa shape index (κ2) is 7.81. The lowest BCUT2D eigenvalue weighted by Crippen LogP contribution is -2.33. The molecular formula is C10H13N5O3. The molecule has 0 aromatic carbocycles. The van der Waals surface area contributed by atoms with E-state index in [1.807, 2.05) is 10.3 Å². The van der Waals surface area contributed by atoms with Gasteiger partial charge in [0.15, 0.2) is 0 Å². The van der Waals surface area contributed by atoms with Crippen LogP contribution in [0.15, 0.2) is 16.9 Å². The molecule has 0 aliphatic carbocycles. The zero-order chi connectivity index (χ0) is 13.2. The predicted octanol–water partition coefficient (Wildman–Crippen LogP) is -1.47. The summed E-state index contributed by atoms with van der Waals surface area (Å²) < 4.78 is 5.15. The fourth-order valence-electron chi connectivity index (χ4n) is 1.26. The van der Waals surface area contributed by atoms with E-state index in [2.05, 4.69) is 10.4 Å². The van der Waals surface area contributed by atoms with Gasteiger partial charge in [0.05, 0.1) is 13.2 Å². The quantitative estimate of drug-likeness (QED) is 0.155. The minimum atomic E-state index is -0.583. The van der Waals surface area contributed by atoms with Crippen LogP contribution in [0.4, 0.5) is 0 Å². The van der Waals surface area contributed by atoms with Gasteiger partial charge in [0, 0.05) is 19.3 Å². The lowest BCUT2D eigenvalue weighted by atomic mass is 10.3. The third-order valence-corrected chi connectivity index (χ3v) is 2.11. The molecule has 1 rings (SSSR count). The minimum Gasteiger partial charge on any atom is -0.378 e. The van der Waals surface area contributed by atoms with Gasteiger partial charge in [0.1, 0.15) is 18.0 Å². The zero-order valence-electron chi connectivity index (χ0n) is 9.63. The molecule has 8 nitrogen and oxygen atoms in total. The van der Waals surface area contributed by atoms with Gasteiger partial charge in [-0.3, -0.25) is 9.59 Å². The van der Waals surface area contributed by atoms with Gasteiger partial charge < -0.3 is 15.0 Å². The summed E-state index contributed by atoms with van der Waals surface area (Å²) in [5.74, 6) is -0.583. The maximum absolute atomic E-state index is 11.5. The van der Waals surface area contributed by atoms with Crippen molar-refractivity contribution in [3.05, 3.63) is 11.8 Å². The van der Waals surface area contributed by atoms with Gasteiger partial charge in [-0.15, -0.1) is 0 Å². The molecule has 1 aliphatic heterocycles. The van der Waals surface area contributed by atoms with E-state index < -0.39 is 5.91 Å². The van der Waals surface area contributed by atoms with Crippen LogP contribution in [0.3, 0.4) is 0 Å². The van der Waals surface area contributed by atoms with E-state index in [0.29, 0.717) is 32.7 Å². The average Bonchev–Trinajstić information content (AvgIpc) is 2.42. The first kappa shape index (κ1) is 13.7. The number of carbonyl (C=O) groups excluding carboxylic acids is 2. The summed E-state index contributed by atoms with van der Waals surface area (Å²) in [6.07, 6.45) is 2.84. The van der Waals surface area contributed by atoms with E-state index in [4.69, 9.17) is 10.00 Å². The van der Waals surface area contributed by atoms with Crippen LogP contribution in [-0.4, -0.2) is 49.9 Å². The topological polar surface area (TPSA) is 107 Å². The summed E-state index contributed by atoms with van der Waals surface area (Å²) in [5.41, 5.74) is 1.95. The first-order valence-corrected chi connectivity index (χ1v) is 5.23. The maximum atomic E-state index is 11.5. The lowest BCUT2D eigenvalue weighted by Gasteiger charge is -2.25. The summed E-state index contributed by atoms with van der Waals surface area (Å²) in [6.45, 7) is 2.42. The highest BCUT2D eigenvalue weighted by Gasteiger charge is 2.12. The Labute approximate surface area is 104 Å². The Morgan fingerprint density at radius 1 is 1.44 bits per heavy atom. The van der Waals surface area contributed by atoms with Gasteiger partial charge in [-0.25, -0.2) is 5.43 Å². The van der Waals surface area contributed by atoms with Crippen molar-refractivity contribution in [2.24, 2.45) is 5.10 Å². The van der Waals surface area contributed by atoms with E-state index in [1.54, 1.807) is 6.07 Å². The molecule has 1 heterocycles. The Hall–Kier alpha value is -2.40. The number of hydrogen-bond acceptors (Lipinski definition) is 6. The van der Waals surface area contributed by atoms with Crippen molar-refractivity contribution in [2.45, 2.75) is 0 Å². The van der Waals surface area contributed by atoms with Gasteiger partial charge in [0.2, 0.25) is 6.41 Å². The molecule has 96 valence electrons. The highest BCUT2D eigenvalue weighted by atomic mass is 16.5. The van der Waals surface area contributed by atoms with E-state index in [0.717, 1.165) is 6.34 Å². The summed E-state index contributed by atoms with van der Waals surface area (Å²) >= 11 is 0. The molecule has 1 saturated heterocycles. The Morgan fingerprint density at radius 3 is 2.78 bits per heavy atom. The standard InChI is InChI=1S/C10H13N5O3/c11-5-9(6-15-1-3-18-4-2-15)10(17)12-7-13-14-8-16/h6-8H,1-4H2,(H,14,16)(H,12,13,17). The molecule has 2 amide bonds. The zero-order valence-corrected chi connectivity index (χ0v) is 9.63. The van der Waals surface area contributed by atoms with Crippen molar-refractivity contribution in [1.29, 1.82) is 5.26 Å². The van der Waals surface area contributed by atoms with Crippen molar-refractivity contribution in [3.63, 3.8) is 0 Å². The first-order valence-electron chi connectivity index (χ1n) is 5.23. The molecule has 0 bridgehead atoms. The van der Waals surface area contributed by atoms with Crippen LogP contribution < -0.4 is 10.7 Å². The molecule has 0 spiro atoms. The van der Waals surface area contributed by atoms with Crippen LogP contribution >= 0.6 is 0 Å². The normalized spacial score (nSPS) is 16.2. The van der Waals surface area contributed by atoms with Gasteiger partial charge in [-0.1, -0.05) is 0 Å². The molecule has 0 aromatic heterocycles. The van der Waals surface area contributed by atoms with Crippen molar-refractivity contribution in [3.8, 4) is 6.07 Å². The van der Waals surface area contributed by atoms with Crippen molar-refractivity contribution in [1.82, 2.24) is 15.6 Å². The third kappa shape index (κ3) is 4.63. The number of amides is 2. The smallest absolute Gasteiger partial charge is 0.268 e. The van der Waals surface area contributed by atoms with Crippen LogP contribution in [0.5, 0.6) is 0 Å². The molecule has 18 heavy (non-hydrogen) atoms. The highest BCUT2D eigenvalue weighted by molar-refractivity contribution is 6.02. The van der Waals surface area contributed by atoms with Gasteiger partial charge in [0.25, 0.3) is 5.91 Å². The minimum absolute atomic E-state index is 0.0329. The van der Waals surface area contributed by atoms with Gasteiger partial charge >= 0.3 is 0 Å². The molecular weight excluding hydrogens is 238 g/mol. The SMILES string of the molecule is N#CC(=CN1CCOCC1)C(=O)NC=NNC=O. The molecule has 2 N–H and O–H groups in total. The summed E-state index contributed by atoms with van der Waals surface area (Å²) in [4.78, 5) is 23.3. The van der Waals surface area contributed by atoms with E-state index >= 15 is 0 Å². The van der Waals surface area contributed by atoms with Crippen LogP contribution in [0.25, 0.3) is 0 Å². The van der Waals surface area contributed by atoms with Crippen molar-refractivity contribution >= 4 is 18.7 Å². The Morgan fingerprint density at radius 2 is 2.17 bits per heavy atom.